The summed E-state index contributed by atoms with van der Waals surface area (Å²) in [4.78, 5) is 21.3. The fraction of sp³-hybridized carbons (Fsp3) is 0.556. The van der Waals surface area contributed by atoms with Gasteiger partial charge in [0.15, 0.2) is 0 Å². The zero-order chi connectivity index (χ0) is 27.7. The Bertz CT molecular complexity index is 1260. The minimum absolute atomic E-state index is 0.108. The van der Waals surface area contributed by atoms with Crippen molar-refractivity contribution in [2.24, 2.45) is 5.41 Å². The van der Waals surface area contributed by atoms with E-state index in [0.29, 0.717) is 67.8 Å². The molecule has 1 atom stereocenters. The topological polar surface area (TPSA) is 124 Å². The van der Waals surface area contributed by atoms with Crippen LogP contribution in [-0.2, 0) is 14.3 Å². The normalized spacial score (nSPS) is 27.2. The highest BCUT2D eigenvalue weighted by molar-refractivity contribution is 6.33. The van der Waals surface area contributed by atoms with Gasteiger partial charge < -0.3 is 20.7 Å². The van der Waals surface area contributed by atoms with Crippen molar-refractivity contribution < 1.29 is 23.0 Å². The van der Waals surface area contributed by atoms with Crippen molar-refractivity contribution in [2.75, 3.05) is 30.4 Å². The van der Waals surface area contributed by atoms with Gasteiger partial charge in [0.2, 0.25) is 5.60 Å². The number of epoxide rings is 1. The molecule has 4 heterocycles. The van der Waals surface area contributed by atoms with Crippen molar-refractivity contribution in [3.63, 3.8) is 0 Å². The van der Waals surface area contributed by atoms with E-state index >= 15 is 0 Å². The van der Waals surface area contributed by atoms with E-state index in [2.05, 4.69) is 31.7 Å². The summed E-state index contributed by atoms with van der Waals surface area (Å²) in [6.07, 6.45) is 2.31. The number of ether oxygens (including phenoxy) is 2. The molecule has 5 rings (SSSR count). The molecule has 1 aliphatic carbocycles. The van der Waals surface area contributed by atoms with Gasteiger partial charge in [-0.2, -0.15) is 14.0 Å². The lowest BCUT2D eigenvalue weighted by Crippen LogP contribution is -2.46. The number of pyridine rings is 2. The predicted octanol–water partition coefficient (Wildman–Crippen LogP) is 4.75. The van der Waals surface area contributed by atoms with Crippen LogP contribution in [0.4, 0.5) is 20.4 Å². The minimum atomic E-state index is -3.40. The first-order chi connectivity index (χ1) is 18.6. The van der Waals surface area contributed by atoms with Gasteiger partial charge >= 0.3 is 6.11 Å². The zero-order valence-corrected chi connectivity index (χ0v) is 22.4. The average molecular weight is 561 g/mol. The van der Waals surface area contributed by atoms with Crippen LogP contribution in [0.5, 0.6) is 0 Å². The molecule has 0 radical (unpaired) electrons. The number of carbonyl (C=O) groups is 1. The Hall–Kier alpha value is -3.07. The maximum atomic E-state index is 13.3. The van der Waals surface area contributed by atoms with Crippen molar-refractivity contribution >= 4 is 29.1 Å². The Labute approximate surface area is 230 Å². The van der Waals surface area contributed by atoms with Crippen LogP contribution in [-0.4, -0.2) is 59.4 Å². The van der Waals surface area contributed by atoms with E-state index in [1.807, 2.05) is 24.3 Å². The van der Waals surface area contributed by atoms with E-state index in [9.17, 15) is 18.8 Å². The Morgan fingerprint density at radius 3 is 2.54 bits per heavy atom. The lowest BCUT2D eigenvalue weighted by molar-refractivity contribution is -0.127. The third-order valence-electron chi connectivity index (χ3n) is 7.87. The largest absolute Gasteiger partial charge is 0.395 e. The molecule has 0 aromatic carbocycles. The standard InChI is InChI=1S/C27H31ClF2N6O3/c1-25(27(29,30)39-25)24(37)35-18-7-5-17(6-8-18)34-23-13-19(20(28)14-32-23)21-3-2-4-22(36-21)33-16-26(15-31)9-11-38-12-10-26/h2-4,13-14,17-18H,5-12,16H2,1H3,(H,32,34)(H,33,36)(H,35,37). The van der Waals surface area contributed by atoms with E-state index in [-0.39, 0.29) is 12.1 Å². The van der Waals surface area contributed by atoms with E-state index in [0.717, 1.165) is 25.3 Å². The Kier molecular flexibility index (Phi) is 7.64. The number of halogens is 3. The molecule has 12 heteroatoms. The summed E-state index contributed by atoms with van der Waals surface area (Å²) in [6.45, 7) is 2.75. The Morgan fingerprint density at radius 2 is 1.87 bits per heavy atom. The number of hydrogen-bond acceptors (Lipinski definition) is 8. The number of nitriles is 1. The molecule has 3 aliphatic rings. The van der Waals surface area contributed by atoms with Crippen molar-refractivity contribution in [3.8, 4) is 17.3 Å². The van der Waals surface area contributed by atoms with Gasteiger partial charge in [-0.05, 0) is 63.6 Å². The summed E-state index contributed by atoms with van der Waals surface area (Å²) in [5.74, 6) is 0.526. The summed E-state index contributed by atoms with van der Waals surface area (Å²) in [7, 11) is 0. The predicted molar refractivity (Wildman–Crippen MR) is 141 cm³/mol. The van der Waals surface area contributed by atoms with E-state index in [4.69, 9.17) is 21.3 Å². The fourth-order valence-electron chi connectivity index (χ4n) is 5.07. The quantitative estimate of drug-likeness (QED) is 0.395. The molecule has 1 saturated carbocycles. The number of nitrogens with zero attached hydrogens (tertiary/aromatic N) is 3. The summed E-state index contributed by atoms with van der Waals surface area (Å²) >= 11 is 6.49. The van der Waals surface area contributed by atoms with Crippen LogP contribution in [0.2, 0.25) is 5.02 Å². The van der Waals surface area contributed by atoms with Gasteiger partial charge in [0.25, 0.3) is 5.91 Å². The van der Waals surface area contributed by atoms with Gasteiger partial charge in [0.1, 0.15) is 11.6 Å². The number of hydrogen-bond donors (Lipinski definition) is 3. The molecule has 2 saturated heterocycles. The monoisotopic (exact) mass is 560 g/mol. The number of anilines is 2. The molecular weight excluding hydrogens is 530 g/mol. The lowest BCUT2D eigenvalue weighted by Gasteiger charge is -2.30. The van der Waals surface area contributed by atoms with Crippen molar-refractivity contribution in [1.29, 1.82) is 5.26 Å². The number of rotatable bonds is 8. The Balaban J connectivity index is 1.18. The first-order valence-electron chi connectivity index (χ1n) is 13.1. The molecule has 3 fully saturated rings. The summed E-state index contributed by atoms with van der Waals surface area (Å²) in [5.41, 5.74) is -1.14. The molecule has 3 N–H and O–H groups in total. The average Bonchev–Trinajstić information content (AvgIpc) is 3.48. The Morgan fingerprint density at radius 1 is 1.18 bits per heavy atom. The first kappa shape index (κ1) is 27.5. The van der Waals surface area contributed by atoms with Gasteiger partial charge in [-0.3, -0.25) is 9.53 Å². The van der Waals surface area contributed by atoms with Gasteiger partial charge in [0.05, 0.1) is 22.2 Å². The van der Waals surface area contributed by atoms with E-state index in [1.54, 1.807) is 6.20 Å². The van der Waals surface area contributed by atoms with Crippen molar-refractivity contribution in [3.05, 3.63) is 35.5 Å². The van der Waals surface area contributed by atoms with Crippen LogP contribution in [0, 0.1) is 16.7 Å². The van der Waals surface area contributed by atoms with Gasteiger partial charge in [-0.1, -0.05) is 17.7 Å². The maximum absolute atomic E-state index is 13.3. The molecule has 2 aromatic heterocycles. The van der Waals surface area contributed by atoms with Crippen LogP contribution in [0.25, 0.3) is 11.3 Å². The molecule has 0 spiro atoms. The second kappa shape index (κ2) is 10.8. The molecular formula is C27H31ClF2N6O3. The molecule has 1 unspecified atom stereocenters. The highest BCUT2D eigenvalue weighted by Crippen LogP contribution is 2.50. The first-order valence-corrected chi connectivity index (χ1v) is 13.5. The van der Waals surface area contributed by atoms with Crippen LogP contribution < -0.4 is 16.0 Å². The number of alkyl halides is 2. The number of carbonyl (C=O) groups excluding carboxylic acids is 1. The second-order valence-corrected chi connectivity index (χ2v) is 11.0. The molecule has 39 heavy (non-hydrogen) atoms. The van der Waals surface area contributed by atoms with Gasteiger partial charge in [-0.25, -0.2) is 9.97 Å². The second-order valence-electron chi connectivity index (χ2n) is 10.6. The smallest absolute Gasteiger partial charge is 0.381 e. The maximum Gasteiger partial charge on any atom is 0.395 e. The molecule has 9 nitrogen and oxygen atoms in total. The lowest BCUT2D eigenvalue weighted by atomic mass is 9.82. The third-order valence-corrected chi connectivity index (χ3v) is 8.17. The van der Waals surface area contributed by atoms with E-state index in [1.165, 1.54) is 0 Å². The van der Waals surface area contributed by atoms with Gasteiger partial charge in [-0.15, -0.1) is 0 Å². The third kappa shape index (κ3) is 5.93. The molecule has 2 aliphatic heterocycles. The molecule has 1 amide bonds. The highest BCUT2D eigenvalue weighted by Gasteiger charge is 2.76. The van der Waals surface area contributed by atoms with Crippen LogP contribution in [0.3, 0.4) is 0 Å². The van der Waals surface area contributed by atoms with Gasteiger partial charge in [0, 0.05) is 43.6 Å². The van der Waals surface area contributed by atoms with E-state index < -0.39 is 23.0 Å². The highest BCUT2D eigenvalue weighted by atomic mass is 35.5. The number of amides is 1. The van der Waals surface area contributed by atoms with Crippen LogP contribution >= 0.6 is 11.6 Å². The number of nitrogens with one attached hydrogen (secondary N) is 3. The van der Waals surface area contributed by atoms with Crippen LogP contribution in [0.1, 0.15) is 45.4 Å². The van der Waals surface area contributed by atoms with Crippen molar-refractivity contribution in [1.82, 2.24) is 15.3 Å². The van der Waals surface area contributed by atoms with Crippen molar-refractivity contribution in [2.45, 2.75) is 69.2 Å². The molecule has 2 aromatic rings. The fourth-order valence-corrected chi connectivity index (χ4v) is 5.27. The summed E-state index contributed by atoms with van der Waals surface area (Å²) in [5, 5.41) is 19.6. The minimum Gasteiger partial charge on any atom is -0.381 e. The molecule has 208 valence electrons. The summed E-state index contributed by atoms with van der Waals surface area (Å²) in [6, 6.07) is 9.84. The summed E-state index contributed by atoms with van der Waals surface area (Å²) < 4.78 is 36.3. The number of aromatic nitrogens is 2. The molecule has 0 bridgehead atoms. The van der Waals surface area contributed by atoms with Crippen LogP contribution in [0.15, 0.2) is 30.5 Å². The SMILES string of the molecule is CC1(C(=O)NC2CCC(Nc3cc(-c4cccc(NCC5(C#N)CCOCC5)n4)c(Cl)cn3)CC2)OC1(F)F. The zero-order valence-electron chi connectivity index (χ0n) is 21.6.